The van der Waals surface area contributed by atoms with Crippen LogP contribution in [-0.2, 0) is 13.1 Å². The van der Waals surface area contributed by atoms with E-state index < -0.39 is 0 Å². The molecule has 0 radical (unpaired) electrons. The fourth-order valence-electron chi connectivity index (χ4n) is 4.09. The monoisotopic (exact) mass is 426 g/mol. The van der Waals surface area contributed by atoms with Gasteiger partial charge in [-0.2, -0.15) is 0 Å². The summed E-state index contributed by atoms with van der Waals surface area (Å²) in [7, 11) is 0. The van der Waals surface area contributed by atoms with E-state index in [1.54, 1.807) is 6.20 Å². The van der Waals surface area contributed by atoms with Crippen LogP contribution < -0.4 is 5.32 Å². The van der Waals surface area contributed by atoms with Gasteiger partial charge in [0.15, 0.2) is 5.11 Å². The Hall–Kier alpha value is -3.58. The molecule has 5 heterocycles. The summed E-state index contributed by atoms with van der Waals surface area (Å²) in [5, 5.41) is 4.22. The van der Waals surface area contributed by atoms with Crippen molar-refractivity contribution in [1.82, 2.24) is 29.7 Å². The lowest BCUT2D eigenvalue weighted by molar-refractivity contribution is 0.295. The first-order valence-electron chi connectivity index (χ1n) is 10.2. The predicted octanol–water partition coefficient (Wildman–Crippen LogP) is 3.89. The van der Waals surface area contributed by atoms with E-state index in [9.17, 15) is 0 Å². The van der Waals surface area contributed by atoms with Crippen molar-refractivity contribution in [2.75, 3.05) is 0 Å². The van der Waals surface area contributed by atoms with Crippen LogP contribution in [0.4, 0.5) is 0 Å². The molecule has 1 saturated heterocycles. The maximum absolute atomic E-state index is 5.78. The Morgan fingerprint density at radius 1 is 0.871 bits per heavy atom. The first-order valence-corrected chi connectivity index (χ1v) is 10.6. The van der Waals surface area contributed by atoms with E-state index in [2.05, 4.69) is 54.1 Å². The summed E-state index contributed by atoms with van der Waals surface area (Å²) in [5.41, 5.74) is 4.26. The molecule has 0 spiro atoms. The van der Waals surface area contributed by atoms with Crippen molar-refractivity contribution in [3.63, 3.8) is 0 Å². The van der Waals surface area contributed by atoms with Crippen LogP contribution in [0, 0.1) is 0 Å². The Morgan fingerprint density at radius 3 is 2.48 bits per heavy atom. The van der Waals surface area contributed by atoms with Crippen LogP contribution in [0.3, 0.4) is 0 Å². The number of rotatable bonds is 6. The summed E-state index contributed by atoms with van der Waals surface area (Å²) in [6, 6.07) is 20.2. The topological polar surface area (TPSA) is 58.9 Å². The lowest BCUT2D eigenvalue weighted by Crippen LogP contribution is -2.30. The lowest BCUT2D eigenvalue weighted by Gasteiger charge is -2.28. The standard InChI is InChI=1S/C24H22N6S/c31-24-28-22(20-9-2-4-13-27-20)23(30(24)17-19-8-1-3-12-26-19)21-10-6-14-29(21)16-18-7-5-11-25-15-18/h1-15,22-23H,16-17H2,(H,28,31)/t22-,23+/m1/s1. The normalized spacial score (nSPS) is 18.2. The molecule has 4 aromatic heterocycles. The van der Waals surface area contributed by atoms with Crippen molar-refractivity contribution in [3.8, 4) is 0 Å². The Bertz CT molecular complexity index is 1150. The average molecular weight is 427 g/mol. The third kappa shape index (κ3) is 4.04. The molecule has 154 valence electrons. The number of nitrogens with zero attached hydrogens (tertiary/aromatic N) is 5. The Kier molecular flexibility index (Phi) is 5.41. The fourth-order valence-corrected chi connectivity index (χ4v) is 4.40. The molecule has 1 fully saturated rings. The molecule has 5 rings (SSSR count). The summed E-state index contributed by atoms with van der Waals surface area (Å²) in [5.74, 6) is 0. The van der Waals surface area contributed by atoms with Crippen LogP contribution in [0.2, 0.25) is 0 Å². The molecule has 0 amide bonds. The van der Waals surface area contributed by atoms with Crippen molar-refractivity contribution in [3.05, 3.63) is 114 Å². The van der Waals surface area contributed by atoms with E-state index in [0.717, 1.165) is 23.5 Å². The predicted molar refractivity (Wildman–Crippen MR) is 123 cm³/mol. The number of thiocarbonyl (C=S) groups is 1. The van der Waals surface area contributed by atoms with Gasteiger partial charge in [0.2, 0.25) is 0 Å². The Labute approximate surface area is 186 Å². The molecule has 7 heteroatoms. The van der Waals surface area contributed by atoms with Gasteiger partial charge in [0.1, 0.15) is 0 Å². The second kappa shape index (κ2) is 8.65. The van der Waals surface area contributed by atoms with Crippen molar-refractivity contribution in [2.45, 2.75) is 25.2 Å². The van der Waals surface area contributed by atoms with Crippen LogP contribution in [0.15, 0.2) is 91.6 Å². The highest BCUT2D eigenvalue weighted by molar-refractivity contribution is 7.80. The maximum Gasteiger partial charge on any atom is 0.170 e. The van der Waals surface area contributed by atoms with Crippen LogP contribution in [-0.4, -0.2) is 29.5 Å². The second-order valence-electron chi connectivity index (χ2n) is 7.50. The van der Waals surface area contributed by atoms with Crippen LogP contribution >= 0.6 is 12.2 Å². The van der Waals surface area contributed by atoms with Crippen molar-refractivity contribution >= 4 is 17.3 Å². The molecule has 4 aromatic rings. The quantitative estimate of drug-likeness (QED) is 0.472. The molecule has 0 saturated carbocycles. The molecule has 1 aliphatic rings. The van der Waals surface area contributed by atoms with Gasteiger partial charge in [-0.15, -0.1) is 0 Å². The maximum atomic E-state index is 5.78. The van der Waals surface area contributed by atoms with Gasteiger partial charge >= 0.3 is 0 Å². The number of aromatic nitrogens is 4. The van der Waals surface area contributed by atoms with Gasteiger partial charge in [-0.05, 0) is 60.2 Å². The molecule has 0 bridgehead atoms. The molecular formula is C24H22N6S. The molecule has 0 aliphatic carbocycles. The highest BCUT2D eigenvalue weighted by atomic mass is 32.1. The minimum atomic E-state index is -0.0556. The largest absolute Gasteiger partial charge is 0.352 e. The highest BCUT2D eigenvalue weighted by Gasteiger charge is 2.41. The van der Waals surface area contributed by atoms with E-state index in [-0.39, 0.29) is 12.1 Å². The number of hydrogen-bond acceptors (Lipinski definition) is 4. The number of pyridine rings is 3. The SMILES string of the molecule is S=C1N[C@H](c2ccccn2)[C@H](c2cccn2Cc2cccnc2)N1Cc1ccccn1. The smallest absolute Gasteiger partial charge is 0.170 e. The molecule has 6 nitrogen and oxygen atoms in total. The minimum absolute atomic E-state index is 0.0175. The van der Waals surface area contributed by atoms with Crippen molar-refractivity contribution in [2.24, 2.45) is 0 Å². The third-order valence-electron chi connectivity index (χ3n) is 5.50. The number of hydrogen-bond donors (Lipinski definition) is 1. The van der Waals surface area contributed by atoms with Gasteiger partial charge in [-0.1, -0.05) is 18.2 Å². The molecule has 1 N–H and O–H groups in total. The van der Waals surface area contributed by atoms with E-state index in [4.69, 9.17) is 12.2 Å². The molecular weight excluding hydrogens is 404 g/mol. The molecule has 31 heavy (non-hydrogen) atoms. The van der Waals surface area contributed by atoms with E-state index in [0.29, 0.717) is 11.7 Å². The zero-order chi connectivity index (χ0) is 21.0. The first-order chi connectivity index (χ1) is 15.3. The fraction of sp³-hybridized carbons (Fsp3) is 0.167. The van der Waals surface area contributed by atoms with Gasteiger partial charge < -0.3 is 14.8 Å². The Balaban J connectivity index is 1.54. The summed E-state index contributed by atoms with van der Waals surface area (Å²) in [6.07, 6.45) is 9.46. The Morgan fingerprint density at radius 2 is 1.74 bits per heavy atom. The molecule has 2 atom stereocenters. The summed E-state index contributed by atoms with van der Waals surface area (Å²) in [4.78, 5) is 15.6. The van der Waals surface area contributed by atoms with Crippen LogP contribution in [0.25, 0.3) is 0 Å². The second-order valence-corrected chi connectivity index (χ2v) is 7.88. The molecule has 0 aromatic carbocycles. The lowest BCUT2D eigenvalue weighted by atomic mass is 10.0. The number of nitrogens with one attached hydrogen (secondary N) is 1. The van der Waals surface area contributed by atoms with Crippen molar-refractivity contribution in [1.29, 1.82) is 0 Å². The minimum Gasteiger partial charge on any atom is -0.352 e. The van der Waals surface area contributed by atoms with E-state index >= 15 is 0 Å². The van der Waals surface area contributed by atoms with Gasteiger partial charge in [0.05, 0.1) is 30.0 Å². The van der Waals surface area contributed by atoms with E-state index in [1.165, 1.54) is 5.69 Å². The van der Waals surface area contributed by atoms with Gasteiger partial charge in [0.25, 0.3) is 0 Å². The zero-order valence-corrected chi connectivity index (χ0v) is 17.7. The highest BCUT2D eigenvalue weighted by Crippen LogP contribution is 2.39. The van der Waals surface area contributed by atoms with Crippen LogP contribution in [0.1, 0.15) is 34.7 Å². The molecule has 0 unspecified atom stereocenters. The van der Waals surface area contributed by atoms with Gasteiger partial charge in [-0.25, -0.2) is 0 Å². The zero-order valence-electron chi connectivity index (χ0n) is 16.9. The molecule has 1 aliphatic heterocycles. The van der Waals surface area contributed by atoms with Crippen molar-refractivity contribution < 1.29 is 0 Å². The van der Waals surface area contributed by atoms with E-state index in [1.807, 2.05) is 61.1 Å². The van der Waals surface area contributed by atoms with Gasteiger partial charge in [-0.3, -0.25) is 15.0 Å². The summed E-state index contributed by atoms with van der Waals surface area (Å²) in [6.45, 7) is 1.37. The summed E-state index contributed by atoms with van der Waals surface area (Å²) >= 11 is 5.78. The first kappa shape index (κ1) is 19.4. The third-order valence-corrected chi connectivity index (χ3v) is 5.85. The van der Waals surface area contributed by atoms with Gasteiger partial charge in [0, 0.05) is 43.2 Å². The average Bonchev–Trinajstić information content (AvgIpc) is 3.40. The van der Waals surface area contributed by atoms with Crippen LogP contribution in [0.5, 0.6) is 0 Å². The summed E-state index contributed by atoms with van der Waals surface area (Å²) < 4.78 is 2.26.